The van der Waals surface area contributed by atoms with Gasteiger partial charge in [-0.3, -0.25) is 4.79 Å². The molecule has 0 unspecified atom stereocenters. The van der Waals surface area contributed by atoms with Gasteiger partial charge in [-0.1, -0.05) is 101 Å². The molecule has 224 valence electrons. The minimum Gasteiger partial charge on any atom is -0.289 e. The smallest absolute Gasteiger partial charge is 0.195 e. The Balaban J connectivity index is 1.15. The van der Waals surface area contributed by atoms with E-state index >= 15 is 0 Å². The summed E-state index contributed by atoms with van der Waals surface area (Å²) in [5.74, 6) is 0. The second kappa shape index (κ2) is 9.50. The van der Waals surface area contributed by atoms with E-state index in [2.05, 4.69) is 138 Å². The summed E-state index contributed by atoms with van der Waals surface area (Å²) in [6, 6.07) is 33.1. The van der Waals surface area contributed by atoms with Crippen LogP contribution < -0.4 is 5.43 Å². The molecule has 0 amide bonds. The van der Waals surface area contributed by atoms with Crippen LogP contribution >= 0.6 is 11.3 Å². The SMILES string of the molecule is Cc1c(-c2ccc3sc4ccc(-c5ccc6c(c5)C(C)(C)c5ccccc5-6)cc4c(=O)c3c2)ccc2c1C(C)(C)C1=C2CCC=C1. The first-order valence-corrected chi connectivity index (χ1v) is 17.3. The highest BCUT2D eigenvalue weighted by molar-refractivity contribution is 7.24. The first-order valence-electron chi connectivity index (χ1n) is 16.4. The zero-order valence-corrected chi connectivity index (χ0v) is 27.9. The van der Waals surface area contributed by atoms with Gasteiger partial charge in [0.25, 0.3) is 0 Å². The molecule has 1 nitrogen and oxygen atoms in total. The van der Waals surface area contributed by atoms with Crippen molar-refractivity contribution in [3.05, 3.63) is 147 Å². The second-order valence-electron chi connectivity index (χ2n) is 14.4. The molecule has 6 aromatic rings. The highest BCUT2D eigenvalue weighted by atomic mass is 32.1. The molecule has 0 spiro atoms. The Hall–Kier alpha value is -4.53. The summed E-state index contributed by atoms with van der Waals surface area (Å²) in [4.78, 5) is 14.2. The fourth-order valence-electron chi connectivity index (χ4n) is 8.83. The third kappa shape index (κ3) is 3.71. The van der Waals surface area contributed by atoms with Crippen molar-refractivity contribution in [3.63, 3.8) is 0 Å². The molecule has 46 heavy (non-hydrogen) atoms. The molecule has 5 aromatic carbocycles. The van der Waals surface area contributed by atoms with Gasteiger partial charge in [-0.2, -0.15) is 0 Å². The zero-order chi connectivity index (χ0) is 31.5. The van der Waals surface area contributed by atoms with E-state index in [0.717, 1.165) is 49.7 Å². The molecule has 0 radical (unpaired) electrons. The van der Waals surface area contributed by atoms with Gasteiger partial charge in [0.05, 0.1) is 0 Å². The van der Waals surface area contributed by atoms with Crippen LogP contribution in [0.1, 0.15) is 68.4 Å². The van der Waals surface area contributed by atoms with E-state index < -0.39 is 0 Å². The van der Waals surface area contributed by atoms with Gasteiger partial charge < -0.3 is 0 Å². The van der Waals surface area contributed by atoms with Crippen LogP contribution in [0.15, 0.2) is 114 Å². The predicted molar refractivity (Wildman–Crippen MR) is 197 cm³/mol. The fourth-order valence-corrected chi connectivity index (χ4v) is 9.86. The molecule has 0 bridgehead atoms. The van der Waals surface area contributed by atoms with E-state index in [-0.39, 0.29) is 16.3 Å². The molecule has 1 heterocycles. The predicted octanol–water partition coefficient (Wildman–Crippen LogP) is 11.8. The Kier molecular flexibility index (Phi) is 5.73. The quantitative estimate of drug-likeness (QED) is 0.178. The molecule has 3 aliphatic carbocycles. The molecular weight excluding hydrogens is 577 g/mol. The van der Waals surface area contributed by atoms with E-state index in [1.165, 1.54) is 55.7 Å². The lowest BCUT2D eigenvalue weighted by Crippen LogP contribution is -2.18. The van der Waals surface area contributed by atoms with Crippen LogP contribution in [0.5, 0.6) is 0 Å². The fraction of sp³-hybridized carbons (Fsp3) is 0.205. The monoisotopic (exact) mass is 612 g/mol. The van der Waals surface area contributed by atoms with Crippen LogP contribution in [0, 0.1) is 6.92 Å². The lowest BCUT2D eigenvalue weighted by atomic mass is 9.77. The minimum absolute atomic E-state index is 0.0214. The summed E-state index contributed by atoms with van der Waals surface area (Å²) in [6.07, 6.45) is 6.90. The molecule has 3 aliphatic rings. The van der Waals surface area contributed by atoms with E-state index in [4.69, 9.17) is 0 Å². The largest absolute Gasteiger partial charge is 0.289 e. The van der Waals surface area contributed by atoms with E-state index in [1.807, 2.05) is 0 Å². The van der Waals surface area contributed by atoms with Gasteiger partial charge in [0, 0.05) is 31.0 Å². The van der Waals surface area contributed by atoms with Gasteiger partial charge in [-0.05, 0) is 122 Å². The van der Waals surface area contributed by atoms with Crippen molar-refractivity contribution in [1.29, 1.82) is 0 Å². The summed E-state index contributed by atoms with van der Waals surface area (Å²) >= 11 is 1.71. The van der Waals surface area contributed by atoms with Crippen molar-refractivity contribution in [2.24, 2.45) is 0 Å². The van der Waals surface area contributed by atoms with Gasteiger partial charge >= 0.3 is 0 Å². The lowest BCUT2D eigenvalue weighted by molar-refractivity contribution is 0.647. The highest BCUT2D eigenvalue weighted by Gasteiger charge is 2.39. The van der Waals surface area contributed by atoms with Crippen molar-refractivity contribution in [3.8, 4) is 33.4 Å². The van der Waals surface area contributed by atoms with Gasteiger partial charge in [0.1, 0.15) is 0 Å². The molecular formula is C44H36OS. The zero-order valence-electron chi connectivity index (χ0n) is 27.0. The van der Waals surface area contributed by atoms with Crippen molar-refractivity contribution >= 4 is 37.1 Å². The summed E-state index contributed by atoms with van der Waals surface area (Å²) in [7, 11) is 0. The van der Waals surface area contributed by atoms with Crippen LogP contribution in [0.3, 0.4) is 0 Å². The molecule has 0 saturated carbocycles. The van der Waals surface area contributed by atoms with Gasteiger partial charge in [-0.15, -0.1) is 11.3 Å². The maximum absolute atomic E-state index is 14.2. The molecule has 9 rings (SSSR count). The average molecular weight is 613 g/mol. The maximum Gasteiger partial charge on any atom is 0.195 e. The molecule has 0 saturated heterocycles. The van der Waals surface area contributed by atoms with Gasteiger partial charge in [0.15, 0.2) is 5.43 Å². The molecule has 1 aromatic heterocycles. The Bertz CT molecular complexity index is 2450. The molecule has 0 fully saturated rings. The molecule has 2 heteroatoms. The number of fused-ring (bicyclic) bond motifs is 7. The van der Waals surface area contributed by atoms with Crippen molar-refractivity contribution < 1.29 is 0 Å². The van der Waals surface area contributed by atoms with Crippen LogP contribution in [0.2, 0.25) is 0 Å². The molecule has 0 atom stereocenters. The van der Waals surface area contributed by atoms with Crippen molar-refractivity contribution in [1.82, 2.24) is 0 Å². The Morgan fingerprint density at radius 1 is 0.630 bits per heavy atom. The first kappa shape index (κ1) is 27.8. The molecule has 0 N–H and O–H groups in total. The normalized spacial score (nSPS) is 16.9. The number of rotatable bonds is 2. The van der Waals surface area contributed by atoms with Crippen LogP contribution in [0.4, 0.5) is 0 Å². The average Bonchev–Trinajstić information content (AvgIpc) is 3.45. The number of benzene rings is 5. The standard InChI is InChI=1S/C44H36OS/c1-25-29(18-19-33-31-11-7-9-13-37(31)44(4,5)41(25)33)28-16-21-40-35(23-28)42(45)34-22-26(15-20-39(34)46-40)27-14-17-32-30-10-6-8-12-36(30)43(2,3)38(32)24-27/h6,8-10,12-24H,7,11H2,1-5H3. The van der Waals surface area contributed by atoms with Crippen LogP contribution in [-0.4, -0.2) is 0 Å². The maximum atomic E-state index is 14.2. The number of hydrogen-bond acceptors (Lipinski definition) is 2. The topological polar surface area (TPSA) is 17.1 Å². The van der Waals surface area contributed by atoms with E-state index in [9.17, 15) is 4.79 Å². The van der Waals surface area contributed by atoms with Crippen LogP contribution in [0.25, 0.3) is 59.1 Å². The Labute approximate surface area is 274 Å². The van der Waals surface area contributed by atoms with Crippen molar-refractivity contribution in [2.45, 2.75) is 58.3 Å². The van der Waals surface area contributed by atoms with Crippen LogP contribution in [-0.2, 0) is 10.8 Å². The third-order valence-electron chi connectivity index (χ3n) is 11.2. The third-order valence-corrected chi connectivity index (χ3v) is 12.3. The Morgan fingerprint density at radius 3 is 2.07 bits per heavy atom. The minimum atomic E-state index is -0.0614. The summed E-state index contributed by atoms with van der Waals surface area (Å²) in [5, 5.41) is 1.60. The number of allylic oxidation sites excluding steroid dienone is 4. The second-order valence-corrected chi connectivity index (χ2v) is 15.5. The van der Waals surface area contributed by atoms with E-state index in [1.54, 1.807) is 11.3 Å². The number of hydrogen-bond donors (Lipinski definition) is 0. The lowest BCUT2D eigenvalue weighted by Gasteiger charge is -2.26. The first-order chi connectivity index (χ1) is 22.1. The summed E-state index contributed by atoms with van der Waals surface area (Å²) < 4.78 is 2.07. The van der Waals surface area contributed by atoms with Gasteiger partial charge in [-0.25, -0.2) is 0 Å². The summed E-state index contributed by atoms with van der Waals surface area (Å²) in [5.41, 5.74) is 17.1. The Morgan fingerprint density at radius 2 is 1.26 bits per heavy atom. The van der Waals surface area contributed by atoms with E-state index in [0.29, 0.717) is 0 Å². The molecule has 0 aliphatic heterocycles. The van der Waals surface area contributed by atoms with Crippen molar-refractivity contribution in [2.75, 3.05) is 0 Å². The summed E-state index contributed by atoms with van der Waals surface area (Å²) in [6.45, 7) is 11.6. The van der Waals surface area contributed by atoms with Gasteiger partial charge in [0.2, 0.25) is 0 Å². The highest BCUT2D eigenvalue weighted by Crippen LogP contribution is 2.53.